The van der Waals surface area contributed by atoms with Crippen LogP contribution in [0.4, 0.5) is 4.39 Å². The molecule has 1 saturated carbocycles. The number of hydrogen-bond acceptors (Lipinski definition) is 3. The quantitative estimate of drug-likeness (QED) is 0.654. The molecule has 1 unspecified atom stereocenters. The Bertz CT molecular complexity index is 1170. The zero-order valence-electron chi connectivity index (χ0n) is 18.4. The number of aromatic nitrogens is 1. The lowest BCUT2D eigenvalue weighted by Gasteiger charge is -2.45. The molecule has 0 saturated heterocycles. The van der Waals surface area contributed by atoms with Crippen LogP contribution in [0.15, 0.2) is 47.1 Å². The van der Waals surface area contributed by atoms with Crippen LogP contribution >= 0.6 is 0 Å². The Balaban J connectivity index is 1.51. The summed E-state index contributed by atoms with van der Waals surface area (Å²) < 4.78 is 21.2. The van der Waals surface area contributed by atoms with Crippen molar-refractivity contribution >= 4 is 22.9 Å². The molecule has 0 bridgehead atoms. The van der Waals surface area contributed by atoms with E-state index in [1.54, 1.807) is 36.3 Å². The molecule has 2 amide bonds. The molecule has 168 valence electrons. The predicted octanol–water partition coefficient (Wildman–Crippen LogP) is 4.48. The number of nitrogens with zero attached hydrogens (tertiary/aromatic N) is 2. The highest BCUT2D eigenvalue weighted by atomic mass is 19.1. The van der Waals surface area contributed by atoms with Crippen molar-refractivity contribution in [2.24, 2.45) is 5.92 Å². The van der Waals surface area contributed by atoms with Crippen molar-refractivity contribution in [3.05, 3.63) is 59.7 Å². The van der Waals surface area contributed by atoms with Gasteiger partial charge in [-0.1, -0.05) is 19.1 Å². The Kier molecular flexibility index (Phi) is 5.07. The largest absolute Gasteiger partial charge is 0.463 e. The molecule has 1 atom stereocenters. The van der Waals surface area contributed by atoms with Crippen LogP contribution < -0.4 is 5.32 Å². The van der Waals surface area contributed by atoms with E-state index in [1.807, 2.05) is 10.6 Å². The summed E-state index contributed by atoms with van der Waals surface area (Å²) in [5, 5.41) is 3.22. The van der Waals surface area contributed by atoms with Crippen molar-refractivity contribution in [2.45, 2.75) is 64.2 Å². The van der Waals surface area contributed by atoms with Crippen molar-refractivity contribution in [3.63, 3.8) is 0 Å². The van der Waals surface area contributed by atoms with Gasteiger partial charge in [0.15, 0.2) is 5.58 Å². The van der Waals surface area contributed by atoms with Crippen molar-refractivity contribution in [1.82, 2.24) is 14.8 Å². The van der Waals surface area contributed by atoms with Crippen LogP contribution in [0.25, 0.3) is 11.1 Å². The van der Waals surface area contributed by atoms with Crippen molar-refractivity contribution in [3.8, 4) is 0 Å². The topological polar surface area (TPSA) is 67.5 Å². The third-order valence-corrected chi connectivity index (χ3v) is 7.12. The van der Waals surface area contributed by atoms with E-state index in [4.69, 9.17) is 4.42 Å². The minimum absolute atomic E-state index is 0.113. The molecule has 3 heterocycles. The molecular formula is C25H28FN3O3. The molecule has 1 aliphatic heterocycles. The second-order valence-electron chi connectivity index (χ2n) is 9.51. The third-order valence-electron chi connectivity index (χ3n) is 7.12. The summed E-state index contributed by atoms with van der Waals surface area (Å²) in [6, 6.07) is 9.82. The van der Waals surface area contributed by atoms with E-state index >= 15 is 0 Å². The van der Waals surface area contributed by atoms with Crippen LogP contribution in [0.1, 0.15) is 55.6 Å². The number of carbonyl (C=O) groups is 2. The molecular weight excluding hydrogens is 409 g/mol. The van der Waals surface area contributed by atoms with Gasteiger partial charge >= 0.3 is 0 Å². The summed E-state index contributed by atoms with van der Waals surface area (Å²) in [5.74, 6) is -0.119. The Hall–Kier alpha value is -3.09. The van der Waals surface area contributed by atoms with E-state index < -0.39 is 5.54 Å². The number of halogens is 1. The van der Waals surface area contributed by atoms with E-state index in [0.29, 0.717) is 29.3 Å². The maximum absolute atomic E-state index is 13.8. The van der Waals surface area contributed by atoms with Gasteiger partial charge in [0.2, 0.25) is 5.91 Å². The van der Waals surface area contributed by atoms with Gasteiger partial charge in [-0.3, -0.25) is 9.59 Å². The summed E-state index contributed by atoms with van der Waals surface area (Å²) in [6.07, 6.45) is 5.65. The number of nitrogens with one attached hydrogen (secondary N) is 1. The molecule has 32 heavy (non-hydrogen) atoms. The standard InChI is InChI=1S/C25H28FN3O3/c1-16-6-8-19(9-7-16)27-24(31)25(2)15-28-20-10-11-32-22(20)13-21(28)23(30)29(25)14-17-4-3-5-18(26)12-17/h3-5,10-13,16,19H,6-9,14-15H2,1-2H3,(H,27,31). The first kappa shape index (κ1) is 20.8. The third kappa shape index (κ3) is 3.49. The number of amides is 2. The summed E-state index contributed by atoms with van der Waals surface area (Å²) in [7, 11) is 0. The number of fused-ring (bicyclic) bond motifs is 3. The molecule has 3 aromatic rings. The highest BCUT2D eigenvalue weighted by Crippen LogP contribution is 2.34. The second-order valence-corrected chi connectivity index (χ2v) is 9.51. The zero-order chi connectivity index (χ0) is 22.5. The molecule has 5 rings (SSSR count). The van der Waals surface area contributed by atoms with Gasteiger partial charge in [0, 0.05) is 24.7 Å². The van der Waals surface area contributed by atoms with Crippen LogP contribution in [0.5, 0.6) is 0 Å². The minimum atomic E-state index is -1.12. The fourth-order valence-corrected chi connectivity index (χ4v) is 5.08. The molecule has 6 nitrogen and oxygen atoms in total. The van der Waals surface area contributed by atoms with Crippen LogP contribution in [-0.4, -0.2) is 32.9 Å². The van der Waals surface area contributed by atoms with Crippen molar-refractivity contribution in [2.75, 3.05) is 0 Å². The number of hydrogen-bond donors (Lipinski definition) is 1. The zero-order valence-corrected chi connectivity index (χ0v) is 18.4. The smallest absolute Gasteiger partial charge is 0.271 e. The number of carbonyl (C=O) groups excluding carboxylic acids is 2. The number of benzene rings is 1. The van der Waals surface area contributed by atoms with Gasteiger partial charge in [-0.25, -0.2) is 4.39 Å². The average molecular weight is 438 g/mol. The molecule has 1 aliphatic carbocycles. The first-order valence-electron chi connectivity index (χ1n) is 11.3. The predicted molar refractivity (Wildman–Crippen MR) is 118 cm³/mol. The Morgan fingerprint density at radius 3 is 2.75 bits per heavy atom. The number of furan rings is 1. The van der Waals surface area contributed by atoms with E-state index in [2.05, 4.69) is 12.2 Å². The van der Waals surface area contributed by atoms with Gasteiger partial charge in [-0.2, -0.15) is 0 Å². The molecule has 2 aliphatic rings. The van der Waals surface area contributed by atoms with Gasteiger partial charge in [0.25, 0.3) is 5.91 Å². The van der Waals surface area contributed by atoms with E-state index in [1.165, 1.54) is 12.1 Å². The first-order valence-corrected chi connectivity index (χ1v) is 11.3. The highest BCUT2D eigenvalue weighted by molar-refractivity contribution is 6.02. The van der Waals surface area contributed by atoms with Crippen molar-refractivity contribution in [1.29, 1.82) is 0 Å². The highest BCUT2D eigenvalue weighted by Gasteiger charge is 2.48. The molecule has 0 radical (unpaired) electrons. The van der Waals surface area contributed by atoms with E-state index in [9.17, 15) is 14.0 Å². The molecule has 1 N–H and O–H groups in total. The molecule has 0 spiro atoms. The Morgan fingerprint density at radius 2 is 2.00 bits per heavy atom. The van der Waals surface area contributed by atoms with Crippen LogP contribution in [-0.2, 0) is 17.9 Å². The summed E-state index contributed by atoms with van der Waals surface area (Å²) in [4.78, 5) is 28.9. The monoisotopic (exact) mass is 437 g/mol. The maximum atomic E-state index is 13.8. The second kappa shape index (κ2) is 7.80. The van der Waals surface area contributed by atoms with Crippen LogP contribution in [0.3, 0.4) is 0 Å². The van der Waals surface area contributed by atoms with Gasteiger partial charge in [-0.15, -0.1) is 0 Å². The van der Waals surface area contributed by atoms with E-state index in [0.717, 1.165) is 31.2 Å². The van der Waals surface area contributed by atoms with Gasteiger partial charge < -0.3 is 19.2 Å². The lowest BCUT2D eigenvalue weighted by atomic mass is 9.86. The summed E-state index contributed by atoms with van der Waals surface area (Å²) in [5.41, 5.74) is 1.41. The fourth-order valence-electron chi connectivity index (χ4n) is 5.08. The maximum Gasteiger partial charge on any atom is 0.271 e. The molecule has 1 fully saturated rings. The van der Waals surface area contributed by atoms with Crippen molar-refractivity contribution < 1.29 is 18.4 Å². The molecule has 7 heteroatoms. The average Bonchev–Trinajstić information content (AvgIpc) is 3.35. The summed E-state index contributed by atoms with van der Waals surface area (Å²) in [6.45, 7) is 4.50. The molecule has 1 aromatic carbocycles. The van der Waals surface area contributed by atoms with Gasteiger partial charge in [-0.05, 0) is 56.2 Å². The molecule has 2 aromatic heterocycles. The lowest BCUT2D eigenvalue weighted by molar-refractivity contribution is -0.134. The van der Waals surface area contributed by atoms with Crippen LogP contribution in [0, 0.1) is 11.7 Å². The fraction of sp³-hybridized carbons (Fsp3) is 0.440. The number of rotatable bonds is 4. The minimum Gasteiger partial charge on any atom is -0.463 e. The Morgan fingerprint density at radius 1 is 1.22 bits per heavy atom. The first-order chi connectivity index (χ1) is 15.3. The normalized spacial score (nSPS) is 25.7. The lowest BCUT2D eigenvalue weighted by Crippen LogP contribution is -2.64. The SMILES string of the molecule is CC1CCC(NC(=O)C2(C)Cn3c(cc4occc43)C(=O)N2Cc2cccc(F)c2)CC1. The Labute approximate surface area is 186 Å². The van der Waals surface area contributed by atoms with Crippen LogP contribution in [0.2, 0.25) is 0 Å². The summed E-state index contributed by atoms with van der Waals surface area (Å²) >= 11 is 0. The van der Waals surface area contributed by atoms with Gasteiger partial charge in [0.1, 0.15) is 17.1 Å². The van der Waals surface area contributed by atoms with E-state index in [-0.39, 0.29) is 30.2 Å². The van der Waals surface area contributed by atoms with Gasteiger partial charge in [0.05, 0.1) is 18.3 Å².